The number of aromatic nitrogens is 9. The number of piperazine rings is 2. The van der Waals surface area contributed by atoms with Gasteiger partial charge in [-0.1, -0.05) is 62.6 Å². The molecule has 0 saturated carbocycles. The Morgan fingerprint density at radius 3 is 1.86 bits per heavy atom. The van der Waals surface area contributed by atoms with Gasteiger partial charge in [-0.25, -0.2) is 9.36 Å². The van der Waals surface area contributed by atoms with Gasteiger partial charge in [0.25, 0.3) is 0 Å². The average molecular weight is 1040 g/mol. The van der Waals surface area contributed by atoms with Crippen LogP contribution in [-0.2, 0) is 35.0 Å². The monoisotopic (exact) mass is 1040 g/mol. The van der Waals surface area contributed by atoms with Gasteiger partial charge in [-0.3, -0.25) is 14.4 Å². The highest BCUT2D eigenvalue weighted by molar-refractivity contribution is 5.82. The Labute approximate surface area is 432 Å². The van der Waals surface area contributed by atoms with Gasteiger partial charge in [0.05, 0.1) is 68.9 Å². The van der Waals surface area contributed by atoms with E-state index in [0.717, 1.165) is 12.0 Å². The first-order chi connectivity index (χ1) is 34.7. The first kappa shape index (κ1) is 57.7. The largest absolute Gasteiger partial charge is 1.00 e. The van der Waals surface area contributed by atoms with Crippen LogP contribution in [0.1, 0.15) is 94.5 Å². The zero-order valence-corrected chi connectivity index (χ0v) is 43.1. The van der Waals surface area contributed by atoms with Crippen LogP contribution in [-0.4, -0.2) is 181 Å². The number of phenols is 1. The van der Waals surface area contributed by atoms with Crippen molar-refractivity contribution in [2.75, 3.05) is 114 Å². The van der Waals surface area contributed by atoms with Crippen LogP contribution in [0, 0.1) is 24.2 Å². The van der Waals surface area contributed by atoms with E-state index in [4.69, 9.17) is 47.1 Å². The third-order valence-corrected chi connectivity index (χ3v) is 12.8. The zero-order valence-electron chi connectivity index (χ0n) is 42.3. The van der Waals surface area contributed by atoms with E-state index in [-0.39, 0.29) is 67.4 Å². The second-order valence-electron chi connectivity index (χ2n) is 18.5. The lowest BCUT2D eigenvalue weighted by atomic mass is 9.98. The Morgan fingerprint density at radius 2 is 1.30 bits per heavy atom. The maximum absolute atomic E-state index is 14.5. The van der Waals surface area contributed by atoms with Crippen LogP contribution in [0.25, 0.3) is 0 Å². The summed E-state index contributed by atoms with van der Waals surface area (Å²) < 4.78 is 19.6. The fourth-order valence-electron chi connectivity index (χ4n) is 8.36. The lowest BCUT2D eigenvalue weighted by Crippen LogP contribution is -3.00. The standard InChI is InChI=1S/C48H72N16O8.ClH/c1-6-23-70-25-27-72-28-26-71-24-14-51-46-52-47(61-19-15-59(16-20-61)44(68)40(12-13-42(66)67)63-31-38(55-57-63)37(49)29-33(3)4)54-48(53-46)62-21-17-60(18-22-62)45(69)41(30-35-8-10-36(65)11-9-35)64-32-39(56-58-64)43(50)34(5)7-2;/h1,8-11,31-34,37,40-41,43,65H,7,12-30,49-50H2,2-5H3,(H,66,67)(H,51,52,53,54);1H/p-1. The number of carbonyl (C=O) groups is 3. The number of phenolic OH excluding ortho intramolecular Hbond substituents is 1. The number of terminal acetylenes is 1. The number of carboxylic acid groups (broad SMARTS) is 1. The topological polar surface area (TPSA) is 296 Å². The Bertz CT molecular complexity index is 2370. The second kappa shape index (κ2) is 28.9. The van der Waals surface area contributed by atoms with E-state index in [2.05, 4.69) is 59.6 Å². The second-order valence-corrected chi connectivity index (χ2v) is 18.5. The highest BCUT2D eigenvalue weighted by atomic mass is 35.5. The Balaban J connectivity index is 0.00000988. The maximum atomic E-state index is 14.5. The number of halogens is 1. The van der Waals surface area contributed by atoms with Crippen LogP contribution in [0.3, 0.4) is 0 Å². The van der Waals surface area contributed by atoms with E-state index in [1.807, 2.05) is 14.7 Å². The minimum atomic E-state index is -1.02. The molecule has 73 heavy (non-hydrogen) atoms. The molecule has 2 saturated heterocycles. The van der Waals surface area contributed by atoms with Gasteiger partial charge in [0.2, 0.25) is 29.7 Å². The van der Waals surface area contributed by atoms with Crippen LogP contribution in [0.4, 0.5) is 17.8 Å². The molecule has 3 aromatic heterocycles. The number of ether oxygens (including phenoxy) is 3. The van der Waals surface area contributed by atoms with Crippen molar-refractivity contribution in [2.45, 2.75) is 84.0 Å². The number of hydrogen-bond donors (Lipinski definition) is 5. The Kier molecular flexibility index (Phi) is 22.8. The number of aliphatic carboxylic acids is 1. The van der Waals surface area contributed by atoms with E-state index < -0.39 is 18.1 Å². The van der Waals surface area contributed by atoms with Crippen molar-refractivity contribution in [1.82, 2.24) is 54.7 Å². The maximum Gasteiger partial charge on any atom is 0.303 e. The number of carbonyl (C=O) groups excluding carboxylic acids is 2. The number of carboxylic acids is 1. The number of rotatable bonds is 28. The zero-order chi connectivity index (χ0) is 51.6. The predicted molar refractivity (Wildman–Crippen MR) is 267 cm³/mol. The molecule has 24 nitrogen and oxygen atoms in total. The van der Waals surface area contributed by atoms with Gasteiger partial charge >= 0.3 is 5.97 Å². The molecule has 7 N–H and O–H groups in total. The fraction of sp³-hybridized carbons (Fsp3) is 0.625. The molecule has 0 spiro atoms. The quantitative estimate of drug-likeness (QED) is 0.0331. The van der Waals surface area contributed by atoms with Crippen molar-refractivity contribution in [3.8, 4) is 18.1 Å². The molecule has 25 heteroatoms. The van der Waals surface area contributed by atoms with Crippen molar-refractivity contribution >= 4 is 35.6 Å². The minimum Gasteiger partial charge on any atom is -1.00 e. The number of hydrogen-bond acceptors (Lipinski definition) is 19. The molecule has 2 amide bonds. The number of nitrogens with two attached hydrogens (primary N) is 2. The number of aromatic hydroxyl groups is 1. The summed E-state index contributed by atoms with van der Waals surface area (Å²) in [5, 5.41) is 40.0. The normalized spacial score (nSPS) is 16.1. The van der Waals surface area contributed by atoms with E-state index in [1.54, 1.807) is 46.2 Å². The highest BCUT2D eigenvalue weighted by Gasteiger charge is 2.34. The smallest absolute Gasteiger partial charge is 0.303 e. The first-order valence-electron chi connectivity index (χ1n) is 24.8. The molecule has 400 valence electrons. The third kappa shape index (κ3) is 16.9. The Hall–Kier alpha value is -6.23. The van der Waals surface area contributed by atoms with E-state index >= 15 is 0 Å². The lowest BCUT2D eigenvalue weighted by molar-refractivity contribution is -0.139. The van der Waals surface area contributed by atoms with Gasteiger partial charge in [0, 0.05) is 71.7 Å². The van der Waals surface area contributed by atoms with E-state index in [1.165, 1.54) is 4.68 Å². The summed E-state index contributed by atoms with van der Waals surface area (Å²) in [5.74, 6) is 2.78. The number of amides is 2. The molecule has 0 radical (unpaired) electrons. The summed E-state index contributed by atoms with van der Waals surface area (Å²) in [5.41, 5.74) is 14.9. The molecular weight excluding hydrogens is 964 g/mol. The molecule has 5 unspecified atom stereocenters. The molecule has 2 fully saturated rings. The summed E-state index contributed by atoms with van der Waals surface area (Å²) >= 11 is 0. The van der Waals surface area contributed by atoms with Gasteiger partial charge in [0.15, 0.2) is 0 Å². The van der Waals surface area contributed by atoms with Crippen LogP contribution >= 0.6 is 0 Å². The van der Waals surface area contributed by atoms with Crippen molar-refractivity contribution in [3.63, 3.8) is 0 Å². The first-order valence-corrected chi connectivity index (χ1v) is 24.8. The number of benzene rings is 1. The molecule has 0 aliphatic carbocycles. The molecule has 5 atom stereocenters. The summed E-state index contributed by atoms with van der Waals surface area (Å²) in [6.45, 7) is 13.8. The van der Waals surface area contributed by atoms with Gasteiger partial charge in [0.1, 0.15) is 24.4 Å². The van der Waals surface area contributed by atoms with Gasteiger partial charge in [-0.05, 0) is 42.4 Å². The molecule has 2 aliphatic rings. The molecular formula is C48H72ClN16O8-. The van der Waals surface area contributed by atoms with E-state index in [9.17, 15) is 24.6 Å². The van der Waals surface area contributed by atoms with Crippen molar-refractivity contribution < 1.29 is 51.2 Å². The molecule has 1 aromatic carbocycles. The summed E-state index contributed by atoms with van der Waals surface area (Å²) in [6.07, 6.45) is 10.3. The van der Waals surface area contributed by atoms with Crippen molar-refractivity contribution in [2.24, 2.45) is 23.3 Å². The minimum absolute atomic E-state index is 0. The summed E-state index contributed by atoms with van der Waals surface area (Å²) in [6, 6.07) is 4.47. The van der Waals surface area contributed by atoms with Crippen molar-refractivity contribution in [1.29, 1.82) is 0 Å². The van der Waals surface area contributed by atoms with E-state index in [0.29, 0.717) is 140 Å². The summed E-state index contributed by atoms with van der Waals surface area (Å²) in [7, 11) is 0. The highest BCUT2D eigenvalue weighted by Crippen LogP contribution is 2.27. The average Bonchev–Trinajstić information content (AvgIpc) is 4.09. The number of nitrogens with zero attached hydrogens (tertiary/aromatic N) is 13. The van der Waals surface area contributed by atoms with Crippen LogP contribution in [0.5, 0.6) is 5.75 Å². The van der Waals surface area contributed by atoms with Gasteiger partial charge in [-0.15, -0.1) is 16.6 Å². The van der Waals surface area contributed by atoms with Gasteiger partial charge in [-0.2, -0.15) is 15.0 Å². The SMILES string of the molecule is C#CCOCCOCCOCCNc1nc(N2CCN(C(=O)C(CCC(=O)O)n3cc(C(N)CC(C)C)nn3)CC2)nc(N2CCN(C(=O)C(Cc3ccc(O)cc3)n3cc(C(N)C(C)CC)nn3)CC2)n1.[Cl-]. The molecule has 0 bridgehead atoms. The molecule has 5 heterocycles. The molecule has 2 aliphatic heterocycles. The summed E-state index contributed by atoms with van der Waals surface area (Å²) in [4.78, 5) is 62.4. The number of nitrogens with one attached hydrogen (secondary N) is 1. The van der Waals surface area contributed by atoms with Crippen LogP contribution in [0.15, 0.2) is 36.7 Å². The lowest BCUT2D eigenvalue weighted by Gasteiger charge is -2.38. The fourth-order valence-corrected chi connectivity index (χ4v) is 8.36. The van der Waals surface area contributed by atoms with Crippen molar-refractivity contribution in [3.05, 3.63) is 53.6 Å². The predicted octanol–water partition coefficient (Wildman–Crippen LogP) is -1.16. The third-order valence-electron chi connectivity index (χ3n) is 12.8. The molecule has 4 aromatic rings. The van der Waals surface area contributed by atoms with Crippen LogP contribution in [0.2, 0.25) is 0 Å². The van der Waals surface area contributed by atoms with Gasteiger partial charge < -0.3 is 73.2 Å². The number of anilines is 3. The van der Waals surface area contributed by atoms with Crippen LogP contribution < -0.4 is 39.0 Å². The molecule has 6 rings (SSSR count). The Morgan fingerprint density at radius 1 is 0.767 bits per heavy atom.